The molecule has 0 radical (unpaired) electrons. The number of likely N-dealkylation sites (tertiary alicyclic amines) is 1. The van der Waals surface area contributed by atoms with Crippen molar-refractivity contribution in [3.05, 3.63) is 24.2 Å². The van der Waals surface area contributed by atoms with Crippen molar-refractivity contribution >= 4 is 11.9 Å². The maximum absolute atomic E-state index is 12.9. The van der Waals surface area contributed by atoms with Gasteiger partial charge in [-0.1, -0.05) is 12.8 Å². The molecule has 1 saturated carbocycles. The maximum atomic E-state index is 12.9. The van der Waals surface area contributed by atoms with Crippen LogP contribution in [0.2, 0.25) is 0 Å². The number of carbonyl (C=O) groups is 2. The summed E-state index contributed by atoms with van der Waals surface area (Å²) in [5.74, 6) is 0.0389. The number of urea groups is 1. The fourth-order valence-electron chi connectivity index (χ4n) is 3.91. The molecule has 1 N–H and O–H groups in total. The summed E-state index contributed by atoms with van der Waals surface area (Å²) in [4.78, 5) is 29.1. The van der Waals surface area contributed by atoms with Gasteiger partial charge >= 0.3 is 6.03 Å². The number of hydrogen-bond acceptors (Lipinski definition) is 3. The highest BCUT2D eigenvalue weighted by Crippen LogP contribution is 2.22. The number of piperidine rings is 1. The lowest BCUT2D eigenvalue weighted by Gasteiger charge is -2.35. The lowest BCUT2D eigenvalue weighted by atomic mass is 9.96. The first kappa shape index (κ1) is 17.8. The van der Waals surface area contributed by atoms with E-state index in [2.05, 4.69) is 5.32 Å². The third kappa shape index (κ3) is 4.55. The van der Waals surface area contributed by atoms with Crippen LogP contribution in [0.1, 0.15) is 51.0 Å². The number of rotatable bonds is 5. The van der Waals surface area contributed by atoms with Crippen LogP contribution in [-0.4, -0.2) is 47.4 Å². The minimum absolute atomic E-state index is 0.00211. The third-order valence-electron chi connectivity index (χ3n) is 5.39. The Kier molecular flexibility index (Phi) is 6.00. The van der Waals surface area contributed by atoms with Gasteiger partial charge in [0.1, 0.15) is 0 Å². The summed E-state index contributed by atoms with van der Waals surface area (Å²) < 4.78 is 5.10. The Morgan fingerprint density at radius 3 is 2.76 bits per heavy atom. The molecule has 138 valence electrons. The molecule has 2 heterocycles. The van der Waals surface area contributed by atoms with Gasteiger partial charge in [0.15, 0.2) is 0 Å². The van der Waals surface area contributed by atoms with E-state index in [1.165, 1.54) is 12.8 Å². The molecule has 1 aliphatic carbocycles. The van der Waals surface area contributed by atoms with E-state index in [0.29, 0.717) is 25.7 Å². The summed E-state index contributed by atoms with van der Waals surface area (Å²) in [5.41, 5.74) is 1.00. The Morgan fingerprint density at radius 1 is 1.28 bits per heavy atom. The van der Waals surface area contributed by atoms with Crippen LogP contribution in [0.5, 0.6) is 0 Å². The summed E-state index contributed by atoms with van der Waals surface area (Å²) in [6.07, 6.45) is 9.61. The smallest absolute Gasteiger partial charge is 0.317 e. The highest BCUT2D eigenvalue weighted by Gasteiger charge is 2.31. The average Bonchev–Trinajstić information content (AvgIpc) is 3.33. The highest BCUT2D eigenvalue weighted by molar-refractivity contribution is 5.81. The Balaban J connectivity index is 1.55. The van der Waals surface area contributed by atoms with Crippen LogP contribution >= 0.6 is 0 Å². The van der Waals surface area contributed by atoms with Crippen LogP contribution < -0.4 is 5.32 Å². The maximum Gasteiger partial charge on any atom is 0.317 e. The fourth-order valence-corrected chi connectivity index (χ4v) is 3.91. The number of furan rings is 1. The first-order chi connectivity index (χ1) is 12.2. The highest BCUT2D eigenvalue weighted by atomic mass is 16.3. The van der Waals surface area contributed by atoms with E-state index in [-0.39, 0.29) is 17.9 Å². The SMILES string of the molecule is CCN(Cc1ccoc1)C(=O)[C@H]1CCCN(C(=O)NC2CCCC2)C1. The summed E-state index contributed by atoms with van der Waals surface area (Å²) in [6, 6.07) is 2.21. The molecule has 0 bridgehead atoms. The molecule has 1 aromatic rings. The molecule has 25 heavy (non-hydrogen) atoms. The summed E-state index contributed by atoms with van der Waals surface area (Å²) in [6.45, 7) is 4.49. The van der Waals surface area contributed by atoms with Crippen molar-refractivity contribution in [2.24, 2.45) is 5.92 Å². The second-order valence-corrected chi connectivity index (χ2v) is 7.20. The lowest BCUT2D eigenvalue weighted by Crippen LogP contribution is -2.51. The van der Waals surface area contributed by atoms with Crippen LogP contribution in [0.3, 0.4) is 0 Å². The number of nitrogens with one attached hydrogen (secondary N) is 1. The molecule has 0 spiro atoms. The van der Waals surface area contributed by atoms with Crippen molar-refractivity contribution < 1.29 is 14.0 Å². The van der Waals surface area contributed by atoms with Gasteiger partial charge in [-0.2, -0.15) is 0 Å². The monoisotopic (exact) mass is 347 g/mol. The summed E-state index contributed by atoms with van der Waals surface area (Å²) >= 11 is 0. The molecule has 6 heteroatoms. The molecule has 1 aromatic heterocycles. The molecule has 1 saturated heterocycles. The molecule has 1 aliphatic heterocycles. The van der Waals surface area contributed by atoms with Crippen molar-refractivity contribution in [1.82, 2.24) is 15.1 Å². The van der Waals surface area contributed by atoms with Gasteiger partial charge in [-0.3, -0.25) is 4.79 Å². The predicted molar refractivity (Wildman–Crippen MR) is 94.9 cm³/mol. The van der Waals surface area contributed by atoms with Gasteiger partial charge < -0.3 is 19.5 Å². The molecular weight excluding hydrogens is 318 g/mol. The van der Waals surface area contributed by atoms with Crippen LogP contribution in [0.15, 0.2) is 23.0 Å². The van der Waals surface area contributed by atoms with Crippen molar-refractivity contribution in [2.75, 3.05) is 19.6 Å². The second-order valence-electron chi connectivity index (χ2n) is 7.20. The number of amides is 3. The minimum atomic E-state index is -0.102. The Hall–Kier alpha value is -1.98. The Labute approximate surface area is 149 Å². The Bertz CT molecular complexity index is 566. The minimum Gasteiger partial charge on any atom is -0.472 e. The quantitative estimate of drug-likeness (QED) is 0.890. The fraction of sp³-hybridized carbons (Fsp3) is 0.684. The van der Waals surface area contributed by atoms with Crippen molar-refractivity contribution in [3.8, 4) is 0 Å². The second kappa shape index (κ2) is 8.41. The molecule has 3 rings (SSSR count). The van der Waals surface area contributed by atoms with E-state index in [9.17, 15) is 9.59 Å². The first-order valence-electron chi connectivity index (χ1n) is 9.52. The molecule has 2 fully saturated rings. The van der Waals surface area contributed by atoms with E-state index < -0.39 is 0 Å². The zero-order valence-corrected chi connectivity index (χ0v) is 15.1. The van der Waals surface area contributed by atoms with Gasteiger partial charge in [0, 0.05) is 37.8 Å². The van der Waals surface area contributed by atoms with Crippen LogP contribution in [0.4, 0.5) is 4.79 Å². The zero-order chi connectivity index (χ0) is 17.6. The van der Waals surface area contributed by atoms with E-state index >= 15 is 0 Å². The van der Waals surface area contributed by atoms with Crippen LogP contribution in [0, 0.1) is 5.92 Å². The average molecular weight is 347 g/mol. The normalized spacial score (nSPS) is 21.3. The standard InChI is InChI=1S/C19H29N3O3/c1-2-21(12-15-9-11-25-14-15)18(23)16-6-5-10-22(13-16)19(24)20-17-7-3-4-8-17/h9,11,14,16-17H,2-8,10,12-13H2,1H3,(H,20,24)/t16-/m0/s1. The van der Waals surface area contributed by atoms with Gasteiger partial charge in [0.2, 0.25) is 5.91 Å². The van der Waals surface area contributed by atoms with Crippen molar-refractivity contribution in [2.45, 2.75) is 58.0 Å². The molecule has 0 aromatic carbocycles. The lowest BCUT2D eigenvalue weighted by molar-refractivity contribution is -0.137. The zero-order valence-electron chi connectivity index (χ0n) is 15.1. The molecule has 6 nitrogen and oxygen atoms in total. The van der Waals surface area contributed by atoms with Gasteiger partial charge in [-0.25, -0.2) is 4.79 Å². The number of hydrogen-bond donors (Lipinski definition) is 1. The summed E-state index contributed by atoms with van der Waals surface area (Å²) in [5, 5.41) is 3.14. The van der Waals surface area contributed by atoms with E-state index in [4.69, 9.17) is 4.42 Å². The predicted octanol–water partition coefficient (Wildman–Crippen LogP) is 2.99. The van der Waals surface area contributed by atoms with Crippen LogP contribution in [0.25, 0.3) is 0 Å². The van der Waals surface area contributed by atoms with Crippen molar-refractivity contribution in [1.29, 1.82) is 0 Å². The van der Waals surface area contributed by atoms with Crippen LogP contribution in [-0.2, 0) is 11.3 Å². The molecule has 0 unspecified atom stereocenters. The molecule has 2 aliphatic rings. The summed E-state index contributed by atoms with van der Waals surface area (Å²) in [7, 11) is 0. The van der Waals surface area contributed by atoms with Gasteiger partial charge in [0.05, 0.1) is 18.4 Å². The van der Waals surface area contributed by atoms with E-state index in [0.717, 1.165) is 37.8 Å². The number of carbonyl (C=O) groups excluding carboxylic acids is 2. The topological polar surface area (TPSA) is 65.8 Å². The molecule has 1 atom stereocenters. The third-order valence-corrected chi connectivity index (χ3v) is 5.39. The van der Waals surface area contributed by atoms with E-state index in [1.54, 1.807) is 12.5 Å². The molecular formula is C19H29N3O3. The largest absolute Gasteiger partial charge is 0.472 e. The van der Waals surface area contributed by atoms with E-state index in [1.807, 2.05) is 22.8 Å². The first-order valence-corrected chi connectivity index (χ1v) is 9.52. The number of nitrogens with zero attached hydrogens (tertiary/aromatic N) is 2. The Morgan fingerprint density at radius 2 is 2.08 bits per heavy atom. The van der Waals surface area contributed by atoms with Gasteiger partial charge in [-0.15, -0.1) is 0 Å². The molecule has 3 amide bonds. The van der Waals surface area contributed by atoms with Gasteiger partial charge in [0.25, 0.3) is 0 Å². The van der Waals surface area contributed by atoms with Gasteiger partial charge in [-0.05, 0) is 38.7 Å². The van der Waals surface area contributed by atoms with Crippen molar-refractivity contribution in [3.63, 3.8) is 0 Å².